The van der Waals surface area contributed by atoms with Crippen molar-refractivity contribution < 1.29 is 22.3 Å². The highest BCUT2D eigenvalue weighted by Crippen LogP contribution is 2.27. The molecule has 7 heteroatoms. The molecule has 0 unspecified atom stereocenters. The summed E-state index contributed by atoms with van der Waals surface area (Å²) in [5.41, 5.74) is 0.874. The maximum atomic E-state index is 12.8. The Kier molecular flexibility index (Phi) is 5.24. The van der Waals surface area contributed by atoms with Gasteiger partial charge in [-0.15, -0.1) is 11.6 Å². The maximum Gasteiger partial charge on any atom is 0.340 e. The lowest BCUT2D eigenvalue weighted by molar-refractivity contribution is -0.148. The van der Waals surface area contributed by atoms with Gasteiger partial charge in [-0.3, -0.25) is 0 Å². The van der Waals surface area contributed by atoms with Crippen molar-refractivity contribution in [2.75, 3.05) is 6.61 Å². The highest BCUT2D eigenvalue weighted by atomic mass is 35.5. The van der Waals surface area contributed by atoms with Crippen LogP contribution >= 0.6 is 11.6 Å². The van der Waals surface area contributed by atoms with E-state index >= 15 is 0 Å². The Morgan fingerprint density at radius 2 is 1.85 bits per heavy atom. The van der Waals surface area contributed by atoms with Crippen LogP contribution in [-0.4, -0.2) is 23.9 Å². The molecule has 0 spiro atoms. The molecule has 0 fully saturated rings. The van der Waals surface area contributed by atoms with Gasteiger partial charge < -0.3 is 4.74 Å². The Morgan fingerprint density at radius 3 is 2.30 bits per heavy atom. The largest absolute Gasteiger partial charge is 0.471 e. The van der Waals surface area contributed by atoms with E-state index in [-0.39, 0.29) is 17.2 Å². The topological polar surface area (TPSA) is 22.1 Å². The molecule has 0 aliphatic heterocycles. The zero-order valence-corrected chi connectivity index (χ0v) is 12.1. The van der Waals surface area contributed by atoms with Crippen LogP contribution in [0.3, 0.4) is 0 Å². The van der Waals surface area contributed by atoms with E-state index in [4.69, 9.17) is 16.3 Å². The van der Waals surface area contributed by atoms with Crippen molar-refractivity contribution in [1.29, 1.82) is 0 Å². The molecule has 114 valence electrons. The summed E-state index contributed by atoms with van der Waals surface area (Å²) >= 11 is 5.71. The van der Waals surface area contributed by atoms with Gasteiger partial charge in [0.2, 0.25) is 5.88 Å². The minimum Gasteiger partial charge on any atom is -0.471 e. The summed E-state index contributed by atoms with van der Waals surface area (Å²) in [4.78, 5) is 4.06. The fourth-order valence-electron chi connectivity index (χ4n) is 1.33. The van der Waals surface area contributed by atoms with Crippen LogP contribution < -0.4 is 4.74 Å². The first-order valence-electron chi connectivity index (χ1n) is 5.92. The number of ether oxygens (including phenoxy) is 1. The van der Waals surface area contributed by atoms with Gasteiger partial charge in [0.15, 0.2) is 6.61 Å². The van der Waals surface area contributed by atoms with E-state index < -0.39 is 19.0 Å². The van der Waals surface area contributed by atoms with E-state index in [1.807, 2.05) is 20.8 Å². The van der Waals surface area contributed by atoms with Gasteiger partial charge in [0, 0.05) is 17.4 Å². The summed E-state index contributed by atoms with van der Waals surface area (Å²) < 4.78 is 54.5. The predicted molar refractivity (Wildman–Crippen MR) is 68.9 cm³/mol. The first-order valence-corrected chi connectivity index (χ1v) is 6.46. The molecule has 0 aromatic carbocycles. The van der Waals surface area contributed by atoms with Gasteiger partial charge in [0.05, 0.1) is 5.69 Å². The van der Waals surface area contributed by atoms with Crippen molar-refractivity contribution in [3.05, 3.63) is 23.4 Å². The Morgan fingerprint density at radius 1 is 1.25 bits per heavy atom. The third-order valence-electron chi connectivity index (χ3n) is 2.52. The van der Waals surface area contributed by atoms with Crippen LogP contribution in [-0.2, 0) is 11.3 Å². The van der Waals surface area contributed by atoms with Gasteiger partial charge in [-0.05, 0) is 11.6 Å². The monoisotopic (exact) mass is 313 g/mol. The third-order valence-corrected chi connectivity index (χ3v) is 2.82. The number of hydrogen-bond donors (Lipinski definition) is 0. The summed E-state index contributed by atoms with van der Waals surface area (Å²) in [7, 11) is 0. The van der Waals surface area contributed by atoms with Crippen LogP contribution in [0.15, 0.2) is 12.1 Å². The average Bonchev–Trinajstić information content (AvgIpc) is 2.34. The SMILES string of the molecule is CC(C)(C)c1cc(CCl)cc(OCC(F)(F)C(F)F)n1. The van der Waals surface area contributed by atoms with Crippen molar-refractivity contribution in [1.82, 2.24) is 4.98 Å². The molecule has 0 atom stereocenters. The number of rotatable bonds is 5. The quantitative estimate of drug-likeness (QED) is 0.594. The molecule has 1 rings (SSSR count). The molecular weight excluding hydrogens is 298 g/mol. The Bertz CT molecular complexity index is 460. The number of halogens is 5. The van der Waals surface area contributed by atoms with E-state index in [0.717, 1.165) is 0 Å². The highest BCUT2D eigenvalue weighted by molar-refractivity contribution is 6.17. The molecule has 1 aromatic heterocycles. The summed E-state index contributed by atoms with van der Waals surface area (Å²) in [6, 6.07) is 3.09. The van der Waals surface area contributed by atoms with E-state index in [0.29, 0.717) is 11.3 Å². The van der Waals surface area contributed by atoms with Crippen LogP contribution in [0.25, 0.3) is 0 Å². The number of aromatic nitrogens is 1. The van der Waals surface area contributed by atoms with Gasteiger partial charge in [-0.25, -0.2) is 13.8 Å². The second kappa shape index (κ2) is 6.16. The number of nitrogens with zero attached hydrogens (tertiary/aromatic N) is 1. The molecule has 0 saturated carbocycles. The van der Waals surface area contributed by atoms with Crippen molar-refractivity contribution in [2.24, 2.45) is 0 Å². The number of hydrogen-bond acceptors (Lipinski definition) is 2. The first kappa shape index (κ1) is 17.0. The lowest BCUT2D eigenvalue weighted by Gasteiger charge is -2.20. The average molecular weight is 314 g/mol. The second-order valence-corrected chi connectivity index (χ2v) is 5.70. The molecule has 0 aliphatic rings. The molecule has 0 saturated heterocycles. The van der Waals surface area contributed by atoms with Gasteiger partial charge in [0.1, 0.15) is 0 Å². The smallest absolute Gasteiger partial charge is 0.340 e. The minimum atomic E-state index is -4.21. The molecular formula is C13H16ClF4NO. The maximum absolute atomic E-state index is 12.8. The van der Waals surface area contributed by atoms with Gasteiger partial charge >= 0.3 is 12.3 Å². The molecule has 0 radical (unpaired) electrons. The lowest BCUT2D eigenvalue weighted by Crippen LogP contribution is -2.34. The fourth-order valence-corrected chi connectivity index (χ4v) is 1.48. The summed E-state index contributed by atoms with van der Waals surface area (Å²) in [5.74, 6) is -4.19. The summed E-state index contributed by atoms with van der Waals surface area (Å²) in [6.45, 7) is 4.22. The van der Waals surface area contributed by atoms with Gasteiger partial charge in [0.25, 0.3) is 0 Å². The van der Waals surface area contributed by atoms with Crippen LogP contribution in [0.4, 0.5) is 17.6 Å². The zero-order valence-electron chi connectivity index (χ0n) is 11.4. The van der Waals surface area contributed by atoms with E-state index in [2.05, 4.69) is 4.98 Å². The standard InChI is InChI=1S/C13H16ClF4NO/c1-12(2,3)9-4-8(6-14)5-10(19-9)20-7-13(17,18)11(15)16/h4-5,11H,6-7H2,1-3H3. The predicted octanol–water partition coefficient (Wildman–Crippen LogP) is 4.40. The minimum absolute atomic E-state index is 0.131. The molecule has 1 aromatic rings. The molecule has 0 amide bonds. The van der Waals surface area contributed by atoms with Crippen LogP contribution in [0.5, 0.6) is 5.88 Å². The zero-order chi connectivity index (χ0) is 15.6. The lowest BCUT2D eigenvalue weighted by atomic mass is 9.91. The molecule has 2 nitrogen and oxygen atoms in total. The van der Waals surface area contributed by atoms with Crippen LogP contribution in [0.2, 0.25) is 0 Å². The Balaban J connectivity index is 2.96. The molecule has 0 aliphatic carbocycles. The van der Waals surface area contributed by atoms with Crippen molar-refractivity contribution >= 4 is 11.6 Å². The third kappa shape index (κ3) is 4.51. The highest BCUT2D eigenvalue weighted by Gasteiger charge is 2.41. The van der Waals surface area contributed by atoms with Crippen LogP contribution in [0.1, 0.15) is 32.0 Å². The molecule has 20 heavy (non-hydrogen) atoms. The first-order chi connectivity index (χ1) is 9.06. The molecule has 0 bridgehead atoms. The van der Waals surface area contributed by atoms with Crippen molar-refractivity contribution in [2.45, 2.75) is 44.4 Å². The summed E-state index contributed by atoms with van der Waals surface area (Å²) in [6.07, 6.45) is -3.78. The number of pyridine rings is 1. The van der Waals surface area contributed by atoms with Crippen molar-refractivity contribution in [3.8, 4) is 5.88 Å². The van der Waals surface area contributed by atoms with Crippen molar-refractivity contribution in [3.63, 3.8) is 0 Å². The van der Waals surface area contributed by atoms with E-state index in [9.17, 15) is 17.6 Å². The number of alkyl halides is 5. The summed E-state index contributed by atoms with van der Waals surface area (Å²) in [5, 5.41) is 0. The molecule has 0 N–H and O–H groups in total. The Labute approximate surface area is 120 Å². The fraction of sp³-hybridized carbons (Fsp3) is 0.615. The van der Waals surface area contributed by atoms with E-state index in [1.54, 1.807) is 6.07 Å². The Hall–Kier alpha value is -1.04. The normalized spacial score (nSPS) is 12.8. The van der Waals surface area contributed by atoms with E-state index in [1.165, 1.54) is 6.07 Å². The van der Waals surface area contributed by atoms with Crippen LogP contribution in [0, 0.1) is 0 Å². The second-order valence-electron chi connectivity index (χ2n) is 5.43. The van der Waals surface area contributed by atoms with Gasteiger partial charge in [-0.1, -0.05) is 20.8 Å². The molecule has 1 heterocycles. The van der Waals surface area contributed by atoms with Gasteiger partial charge in [-0.2, -0.15) is 8.78 Å².